The van der Waals surface area contributed by atoms with Gasteiger partial charge in [0.2, 0.25) is 5.91 Å². The van der Waals surface area contributed by atoms with Crippen molar-refractivity contribution < 1.29 is 4.79 Å². The van der Waals surface area contributed by atoms with Gasteiger partial charge in [0.1, 0.15) is 0 Å². The highest BCUT2D eigenvalue weighted by atomic mass is 35.5. The molecule has 19 heavy (non-hydrogen) atoms. The van der Waals surface area contributed by atoms with Crippen molar-refractivity contribution in [2.24, 2.45) is 17.6 Å². The van der Waals surface area contributed by atoms with Crippen molar-refractivity contribution in [3.05, 3.63) is 23.2 Å². The highest BCUT2D eigenvalue weighted by molar-refractivity contribution is 6.33. The van der Waals surface area contributed by atoms with Crippen LogP contribution in [0.5, 0.6) is 0 Å². The number of rotatable bonds is 5. The predicted molar refractivity (Wildman–Crippen MR) is 81.8 cm³/mol. The molecule has 0 radical (unpaired) electrons. The highest BCUT2D eigenvalue weighted by Crippen LogP contribution is 2.27. The van der Waals surface area contributed by atoms with Crippen LogP contribution in [0.1, 0.15) is 13.8 Å². The Labute approximate surface area is 119 Å². The van der Waals surface area contributed by atoms with Crippen molar-refractivity contribution in [3.63, 3.8) is 0 Å². The van der Waals surface area contributed by atoms with Crippen LogP contribution < -0.4 is 16.0 Å². The van der Waals surface area contributed by atoms with E-state index in [9.17, 15) is 4.79 Å². The highest BCUT2D eigenvalue weighted by Gasteiger charge is 2.20. The van der Waals surface area contributed by atoms with Crippen LogP contribution in [0.4, 0.5) is 11.4 Å². The molecule has 0 aliphatic carbocycles. The minimum atomic E-state index is -0.188. The third-order valence-corrected chi connectivity index (χ3v) is 3.40. The average molecular weight is 284 g/mol. The van der Waals surface area contributed by atoms with Crippen LogP contribution in [0, 0.1) is 11.8 Å². The van der Waals surface area contributed by atoms with Crippen LogP contribution in [0.15, 0.2) is 18.2 Å². The number of anilines is 2. The van der Waals surface area contributed by atoms with Gasteiger partial charge >= 0.3 is 0 Å². The van der Waals surface area contributed by atoms with Crippen LogP contribution in [-0.2, 0) is 4.79 Å². The number of nitrogens with zero attached hydrogens (tertiary/aromatic N) is 1. The summed E-state index contributed by atoms with van der Waals surface area (Å²) in [6.07, 6.45) is 0. The SMILES string of the molecule is CC(C)C(CN)C(=O)Nc1ccc(N(C)C)c(Cl)c1. The van der Waals surface area contributed by atoms with Crippen LogP contribution in [-0.4, -0.2) is 26.5 Å². The first-order valence-electron chi connectivity index (χ1n) is 6.34. The van der Waals surface area contributed by atoms with Gasteiger partial charge in [-0.15, -0.1) is 0 Å². The summed E-state index contributed by atoms with van der Waals surface area (Å²) in [5, 5.41) is 3.47. The van der Waals surface area contributed by atoms with Gasteiger partial charge in [0.25, 0.3) is 0 Å². The van der Waals surface area contributed by atoms with Gasteiger partial charge in [-0.1, -0.05) is 25.4 Å². The topological polar surface area (TPSA) is 58.4 Å². The second-order valence-corrected chi connectivity index (χ2v) is 5.54. The summed E-state index contributed by atoms with van der Waals surface area (Å²) in [6, 6.07) is 5.47. The number of carbonyl (C=O) groups is 1. The molecule has 0 spiro atoms. The first-order chi connectivity index (χ1) is 8.86. The fraction of sp³-hybridized carbons (Fsp3) is 0.500. The van der Waals surface area contributed by atoms with Crippen LogP contribution in [0.2, 0.25) is 5.02 Å². The maximum atomic E-state index is 12.1. The van der Waals surface area contributed by atoms with Crippen LogP contribution in [0.25, 0.3) is 0 Å². The van der Waals surface area contributed by atoms with Gasteiger partial charge < -0.3 is 16.0 Å². The molecule has 4 nitrogen and oxygen atoms in total. The number of amides is 1. The summed E-state index contributed by atoms with van der Waals surface area (Å²) in [5.74, 6) is -0.0417. The number of halogens is 1. The van der Waals surface area contributed by atoms with E-state index in [0.29, 0.717) is 17.3 Å². The van der Waals surface area contributed by atoms with Gasteiger partial charge in [0.05, 0.1) is 16.6 Å². The fourth-order valence-corrected chi connectivity index (χ4v) is 2.21. The Morgan fingerprint density at radius 2 is 2.05 bits per heavy atom. The second-order valence-electron chi connectivity index (χ2n) is 5.14. The van der Waals surface area contributed by atoms with Crippen molar-refractivity contribution in [1.29, 1.82) is 0 Å². The molecule has 0 aliphatic heterocycles. The number of benzene rings is 1. The Kier molecular flexibility index (Phi) is 5.63. The average Bonchev–Trinajstić information content (AvgIpc) is 2.28. The molecule has 0 fully saturated rings. The molecule has 0 saturated carbocycles. The van der Waals surface area contributed by atoms with E-state index in [1.165, 1.54) is 0 Å². The summed E-state index contributed by atoms with van der Waals surface area (Å²) in [4.78, 5) is 14.0. The number of nitrogens with one attached hydrogen (secondary N) is 1. The molecule has 0 heterocycles. The van der Waals surface area contributed by atoms with Crippen LogP contribution in [0.3, 0.4) is 0 Å². The van der Waals surface area contributed by atoms with Crippen LogP contribution >= 0.6 is 11.6 Å². The summed E-state index contributed by atoms with van der Waals surface area (Å²) in [6.45, 7) is 4.31. The fourth-order valence-electron chi connectivity index (χ4n) is 1.86. The van der Waals surface area contributed by atoms with E-state index in [2.05, 4.69) is 5.32 Å². The first kappa shape index (κ1) is 15.8. The molecule has 1 aromatic rings. The predicted octanol–water partition coefficient (Wildman–Crippen LogP) is 2.58. The summed E-state index contributed by atoms with van der Waals surface area (Å²) in [5.41, 5.74) is 7.24. The minimum Gasteiger partial charge on any atom is -0.376 e. The Morgan fingerprint density at radius 1 is 1.42 bits per heavy atom. The lowest BCUT2D eigenvalue weighted by Gasteiger charge is -2.19. The lowest BCUT2D eigenvalue weighted by molar-refractivity contribution is -0.120. The zero-order valence-corrected chi connectivity index (χ0v) is 12.7. The molecule has 0 aromatic heterocycles. The molecular formula is C14H22ClN3O. The van der Waals surface area contributed by atoms with Gasteiger partial charge in [0, 0.05) is 26.3 Å². The number of carbonyl (C=O) groups excluding carboxylic acids is 1. The Balaban J connectivity index is 2.83. The molecular weight excluding hydrogens is 262 g/mol. The quantitative estimate of drug-likeness (QED) is 0.873. The molecule has 1 amide bonds. The molecule has 1 aromatic carbocycles. The van der Waals surface area contributed by atoms with Crippen molar-refractivity contribution in [2.75, 3.05) is 30.9 Å². The smallest absolute Gasteiger partial charge is 0.229 e. The number of hydrogen-bond acceptors (Lipinski definition) is 3. The molecule has 106 valence electrons. The normalized spacial score (nSPS) is 12.4. The molecule has 5 heteroatoms. The molecule has 1 unspecified atom stereocenters. The number of hydrogen-bond donors (Lipinski definition) is 2. The zero-order chi connectivity index (χ0) is 14.6. The summed E-state index contributed by atoms with van der Waals surface area (Å²) < 4.78 is 0. The third kappa shape index (κ3) is 4.11. The number of nitrogens with two attached hydrogens (primary N) is 1. The van der Waals surface area contributed by atoms with Crippen molar-refractivity contribution in [2.45, 2.75) is 13.8 Å². The van der Waals surface area contributed by atoms with Crippen molar-refractivity contribution in [3.8, 4) is 0 Å². The van der Waals surface area contributed by atoms with E-state index < -0.39 is 0 Å². The lowest BCUT2D eigenvalue weighted by atomic mass is 9.95. The van der Waals surface area contributed by atoms with Crippen molar-refractivity contribution >= 4 is 28.9 Å². The second kappa shape index (κ2) is 6.78. The van der Waals surface area contributed by atoms with Crippen molar-refractivity contribution in [1.82, 2.24) is 0 Å². The van der Waals surface area contributed by atoms with Gasteiger partial charge in [-0.3, -0.25) is 4.79 Å². The lowest BCUT2D eigenvalue weighted by Crippen LogP contribution is -2.33. The molecule has 1 rings (SSSR count). The molecule has 0 aliphatic rings. The maximum Gasteiger partial charge on any atom is 0.229 e. The maximum absolute atomic E-state index is 12.1. The summed E-state index contributed by atoms with van der Waals surface area (Å²) >= 11 is 6.17. The van der Waals surface area contributed by atoms with Gasteiger partial charge in [-0.25, -0.2) is 0 Å². The third-order valence-electron chi connectivity index (χ3n) is 3.09. The van der Waals surface area contributed by atoms with Gasteiger partial charge in [-0.05, 0) is 24.1 Å². The standard InChI is InChI=1S/C14H22ClN3O/c1-9(2)11(8-16)14(19)17-10-5-6-13(18(3)4)12(15)7-10/h5-7,9,11H,8,16H2,1-4H3,(H,17,19). The Hall–Kier alpha value is -1.26. The van der Waals surface area contributed by atoms with Gasteiger partial charge in [0.15, 0.2) is 0 Å². The largest absolute Gasteiger partial charge is 0.376 e. The monoisotopic (exact) mass is 283 g/mol. The van der Waals surface area contributed by atoms with E-state index >= 15 is 0 Å². The minimum absolute atomic E-state index is 0.0637. The van der Waals surface area contributed by atoms with E-state index in [4.69, 9.17) is 17.3 Å². The van der Waals surface area contributed by atoms with E-state index in [0.717, 1.165) is 5.69 Å². The van der Waals surface area contributed by atoms with E-state index in [1.54, 1.807) is 6.07 Å². The first-order valence-corrected chi connectivity index (χ1v) is 6.72. The molecule has 0 bridgehead atoms. The Morgan fingerprint density at radius 3 is 2.47 bits per heavy atom. The molecule has 3 N–H and O–H groups in total. The molecule has 0 saturated heterocycles. The van der Waals surface area contributed by atoms with Gasteiger partial charge in [-0.2, -0.15) is 0 Å². The summed E-state index contributed by atoms with van der Waals surface area (Å²) in [7, 11) is 3.84. The van der Waals surface area contributed by atoms with E-state index in [-0.39, 0.29) is 17.7 Å². The zero-order valence-electron chi connectivity index (χ0n) is 11.9. The Bertz CT molecular complexity index is 446. The molecule has 1 atom stereocenters. The van der Waals surface area contributed by atoms with E-state index in [1.807, 2.05) is 45.0 Å².